The molecule has 6 nitrogen and oxygen atoms in total. The number of carboxylic acids is 1. The first kappa shape index (κ1) is 10.9. The van der Waals surface area contributed by atoms with Gasteiger partial charge in [-0.2, -0.15) is 0 Å². The van der Waals surface area contributed by atoms with Crippen LogP contribution in [0, 0.1) is 0 Å². The molecule has 0 aliphatic carbocycles. The molecular weight excluding hydrogens is 214 g/mol. The lowest BCUT2D eigenvalue weighted by atomic mass is 9.77. The SMILES string of the molecule is C=CCOC(=O)N1C2COCC1(C(=O)O)C2. The molecule has 2 unspecified atom stereocenters. The Bertz CT molecular complexity index is 338. The van der Waals surface area contributed by atoms with Crippen molar-refractivity contribution in [3.8, 4) is 0 Å². The molecule has 6 heteroatoms. The van der Waals surface area contributed by atoms with E-state index in [0.717, 1.165) is 0 Å². The second-order valence-electron chi connectivity index (χ2n) is 3.95. The molecule has 3 aliphatic heterocycles. The van der Waals surface area contributed by atoms with E-state index < -0.39 is 17.6 Å². The van der Waals surface area contributed by atoms with Crippen LogP contribution in [0.25, 0.3) is 0 Å². The third-order valence-electron chi connectivity index (χ3n) is 2.97. The van der Waals surface area contributed by atoms with E-state index in [9.17, 15) is 9.59 Å². The van der Waals surface area contributed by atoms with E-state index in [1.807, 2.05) is 0 Å². The highest BCUT2D eigenvalue weighted by Gasteiger charge is 2.63. The number of amides is 1. The molecule has 88 valence electrons. The summed E-state index contributed by atoms with van der Waals surface area (Å²) in [6.07, 6.45) is 1.27. The van der Waals surface area contributed by atoms with Gasteiger partial charge in [0.05, 0.1) is 19.3 Å². The van der Waals surface area contributed by atoms with Gasteiger partial charge in [0.15, 0.2) is 5.54 Å². The Morgan fingerprint density at radius 3 is 3.00 bits per heavy atom. The van der Waals surface area contributed by atoms with E-state index in [-0.39, 0.29) is 19.3 Å². The van der Waals surface area contributed by atoms with Gasteiger partial charge >= 0.3 is 12.1 Å². The van der Waals surface area contributed by atoms with Crippen LogP contribution < -0.4 is 0 Å². The molecule has 3 aliphatic rings. The van der Waals surface area contributed by atoms with Crippen LogP contribution in [0.3, 0.4) is 0 Å². The van der Waals surface area contributed by atoms with Crippen LogP contribution in [-0.2, 0) is 14.3 Å². The summed E-state index contributed by atoms with van der Waals surface area (Å²) in [4.78, 5) is 24.1. The summed E-state index contributed by atoms with van der Waals surface area (Å²) in [5.74, 6) is -1.04. The van der Waals surface area contributed by atoms with Gasteiger partial charge in [-0.05, 0) is 0 Å². The van der Waals surface area contributed by atoms with Crippen molar-refractivity contribution in [1.29, 1.82) is 0 Å². The highest BCUT2D eigenvalue weighted by atomic mass is 16.6. The molecular formula is C10H13NO5. The van der Waals surface area contributed by atoms with Crippen LogP contribution in [0.2, 0.25) is 0 Å². The van der Waals surface area contributed by atoms with Crippen LogP contribution in [-0.4, -0.2) is 53.5 Å². The molecule has 0 aromatic carbocycles. The van der Waals surface area contributed by atoms with Gasteiger partial charge in [-0.25, -0.2) is 9.59 Å². The number of rotatable bonds is 3. The molecule has 2 atom stereocenters. The lowest BCUT2D eigenvalue weighted by Crippen LogP contribution is -2.77. The number of morpholine rings is 1. The standard InChI is InChI=1S/C10H13NO5/c1-2-3-16-9(14)11-7-4-10(11,8(12)13)6-15-5-7/h2,7H,1,3-6H2,(H,12,13). The molecule has 3 rings (SSSR count). The van der Waals surface area contributed by atoms with Gasteiger partial charge in [0, 0.05) is 6.42 Å². The highest BCUT2D eigenvalue weighted by molar-refractivity contribution is 5.87. The fourth-order valence-corrected chi connectivity index (χ4v) is 2.22. The van der Waals surface area contributed by atoms with Gasteiger partial charge in [0.1, 0.15) is 6.61 Å². The van der Waals surface area contributed by atoms with Crippen LogP contribution in [0.4, 0.5) is 4.79 Å². The number of nitrogens with zero attached hydrogens (tertiary/aromatic N) is 1. The third kappa shape index (κ3) is 1.37. The van der Waals surface area contributed by atoms with E-state index in [4.69, 9.17) is 14.6 Å². The maximum atomic E-state index is 11.6. The minimum Gasteiger partial charge on any atom is -0.479 e. The number of carboxylic acid groups (broad SMARTS) is 1. The Balaban J connectivity index is 2.11. The molecule has 16 heavy (non-hydrogen) atoms. The molecule has 0 spiro atoms. The van der Waals surface area contributed by atoms with E-state index >= 15 is 0 Å². The van der Waals surface area contributed by atoms with Gasteiger partial charge in [-0.15, -0.1) is 0 Å². The second-order valence-corrected chi connectivity index (χ2v) is 3.95. The molecule has 2 bridgehead atoms. The molecule has 0 aromatic heterocycles. The molecule has 1 amide bonds. The largest absolute Gasteiger partial charge is 0.479 e. The van der Waals surface area contributed by atoms with Gasteiger partial charge in [0.2, 0.25) is 0 Å². The van der Waals surface area contributed by atoms with Gasteiger partial charge < -0.3 is 14.6 Å². The van der Waals surface area contributed by atoms with E-state index in [2.05, 4.69) is 6.58 Å². The van der Waals surface area contributed by atoms with E-state index in [1.54, 1.807) is 0 Å². The number of carbonyl (C=O) groups is 2. The third-order valence-corrected chi connectivity index (χ3v) is 2.97. The zero-order valence-corrected chi connectivity index (χ0v) is 8.72. The van der Waals surface area contributed by atoms with Crippen LogP contribution in [0.5, 0.6) is 0 Å². The lowest BCUT2D eigenvalue weighted by molar-refractivity contribution is -0.200. The average molecular weight is 227 g/mol. The van der Waals surface area contributed by atoms with Crippen molar-refractivity contribution < 1.29 is 24.2 Å². The first-order chi connectivity index (χ1) is 7.62. The molecule has 3 saturated heterocycles. The van der Waals surface area contributed by atoms with Crippen molar-refractivity contribution in [2.24, 2.45) is 0 Å². The number of fused-ring (bicyclic) bond motifs is 2. The summed E-state index contributed by atoms with van der Waals surface area (Å²) in [6.45, 7) is 3.91. The van der Waals surface area contributed by atoms with Crippen LogP contribution in [0.15, 0.2) is 12.7 Å². The second kappa shape index (κ2) is 3.79. The Morgan fingerprint density at radius 2 is 2.44 bits per heavy atom. The van der Waals surface area contributed by atoms with Crippen molar-refractivity contribution in [1.82, 2.24) is 4.90 Å². The van der Waals surface area contributed by atoms with Crippen molar-refractivity contribution in [2.75, 3.05) is 19.8 Å². The van der Waals surface area contributed by atoms with Crippen LogP contribution >= 0.6 is 0 Å². The average Bonchev–Trinajstić information content (AvgIpc) is 2.26. The minimum atomic E-state index is -1.22. The number of hydrogen-bond acceptors (Lipinski definition) is 4. The number of ether oxygens (including phenoxy) is 2. The van der Waals surface area contributed by atoms with Crippen molar-refractivity contribution >= 4 is 12.1 Å². The Kier molecular flexibility index (Phi) is 2.59. The first-order valence-corrected chi connectivity index (χ1v) is 5.00. The molecule has 3 fully saturated rings. The van der Waals surface area contributed by atoms with Gasteiger partial charge in [0.25, 0.3) is 0 Å². The minimum absolute atomic E-state index is 0.0298. The van der Waals surface area contributed by atoms with Gasteiger partial charge in [-0.1, -0.05) is 12.7 Å². The monoisotopic (exact) mass is 227 g/mol. The zero-order chi connectivity index (χ0) is 11.8. The quantitative estimate of drug-likeness (QED) is 0.699. The van der Waals surface area contributed by atoms with Gasteiger partial charge in [-0.3, -0.25) is 4.90 Å². The number of hydrogen-bond donors (Lipinski definition) is 1. The predicted octanol–water partition coefficient (Wildman–Crippen LogP) is 0.237. The molecule has 0 radical (unpaired) electrons. The number of aliphatic carboxylic acids is 1. The normalized spacial score (nSPS) is 31.5. The molecule has 3 heterocycles. The zero-order valence-electron chi connectivity index (χ0n) is 8.72. The predicted molar refractivity (Wildman–Crippen MR) is 53.0 cm³/mol. The Morgan fingerprint density at radius 1 is 1.69 bits per heavy atom. The van der Waals surface area contributed by atoms with E-state index in [0.29, 0.717) is 13.0 Å². The van der Waals surface area contributed by atoms with Crippen molar-refractivity contribution in [3.63, 3.8) is 0 Å². The Labute approximate surface area is 92.4 Å². The topological polar surface area (TPSA) is 76.1 Å². The molecule has 0 saturated carbocycles. The maximum Gasteiger partial charge on any atom is 0.411 e. The molecule has 0 aromatic rings. The summed E-state index contributed by atoms with van der Waals surface area (Å²) in [7, 11) is 0. The molecule has 1 N–H and O–H groups in total. The Hall–Kier alpha value is -1.56. The first-order valence-electron chi connectivity index (χ1n) is 5.00. The summed E-state index contributed by atoms with van der Waals surface area (Å²) in [6, 6.07) is -0.179. The summed E-state index contributed by atoms with van der Waals surface area (Å²) in [5.41, 5.74) is -1.22. The van der Waals surface area contributed by atoms with Crippen molar-refractivity contribution in [2.45, 2.75) is 18.0 Å². The van der Waals surface area contributed by atoms with E-state index in [1.165, 1.54) is 11.0 Å². The lowest BCUT2D eigenvalue weighted by Gasteiger charge is -2.57. The fraction of sp³-hybridized carbons (Fsp3) is 0.600. The summed E-state index contributed by atoms with van der Waals surface area (Å²) >= 11 is 0. The summed E-state index contributed by atoms with van der Waals surface area (Å²) < 4.78 is 9.99. The van der Waals surface area contributed by atoms with Crippen molar-refractivity contribution in [3.05, 3.63) is 12.7 Å². The van der Waals surface area contributed by atoms with Crippen LogP contribution in [0.1, 0.15) is 6.42 Å². The fourth-order valence-electron chi connectivity index (χ4n) is 2.22. The number of carbonyl (C=O) groups excluding carboxylic acids is 1. The maximum absolute atomic E-state index is 11.6. The summed E-state index contributed by atoms with van der Waals surface area (Å²) in [5, 5.41) is 9.13. The highest BCUT2D eigenvalue weighted by Crippen LogP contribution is 2.41. The smallest absolute Gasteiger partial charge is 0.411 e.